The highest BCUT2D eigenvalue weighted by atomic mass is 16.5. The van der Waals surface area contributed by atoms with Crippen LogP contribution in [0.2, 0.25) is 0 Å². The molecule has 0 atom stereocenters. The first-order valence-electron chi connectivity index (χ1n) is 7.66. The van der Waals surface area contributed by atoms with Crippen LogP contribution >= 0.6 is 0 Å². The van der Waals surface area contributed by atoms with Crippen LogP contribution in [0.1, 0.15) is 34.1 Å². The number of fused-ring (bicyclic) bond motifs is 1. The smallest absolute Gasteiger partial charge is 0.339 e. The molecule has 0 amide bonds. The molecule has 0 aliphatic carbocycles. The lowest BCUT2D eigenvalue weighted by Gasteiger charge is -2.09. The Morgan fingerprint density at radius 1 is 1.00 bits per heavy atom. The molecule has 0 aliphatic rings. The zero-order valence-electron chi connectivity index (χ0n) is 13.8. The molecule has 1 N–H and O–H groups in total. The number of esters is 2. The molecule has 0 fully saturated rings. The highest BCUT2D eigenvalue weighted by molar-refractivity contribution is 6.06. The minimum absolute atomic E-state index is 0.00812. The molecular formula is C19H18O6. The van der Waals surface area contributed by atoms with Crippen molar-refractivity contribution < 1.29 is 29.0 Å². The van der Waals surface area contributed by atoms with Gasteiger partial charge in [0.2, 0.25) is 0 Å². The quantitative estimate of drug-likeness (QED) is 0.472. The zero-order valence-corrected chi connectivity index (χ0v) is 13.8. The largest absolute Gasteiger partial charge is 0.478 e. The van der Waals surface area contributed by atoms with Crippen molar-refractivity contribution in [3.8, 4) is 0 Å². The third-order valence-electron chi connectivity index (χ3n) is 3.44. The van der Waals surface area contributed by atoms with Crippen LogP contribution in [0.25, 0.3) is 10.8 Å². The standard InChI is InChI=1S/C19H18O6/c1-12(2)18(22)24-8-5-9-25-19(23)16-11-14-7-4-3-6-13(14)10-15(16)17(20)21/h3-4,6-7,10-11H,1,5,8-9H2,2H3,(H,20,21). The van der Waals surface area contributed by atoms with Crippen LogP contribution in [0.3, 0.4) is 0 Å². The van der Waals surface area contributed by atoms with Gasteiger partial charge in [-0.1, -0.05) is 30.8 Å². The van der Waals surface area contributed by atoms with E-state index >= 15 is 0 Å². The van der Waals surface area contributed by atoms with E-state index < -0.39 is 17.9 Å². The van der Waals surface area contributed by atoms with Crippen molar-refractivity contribution >= 4 is 28.7 Å². The van der Waals surface area contributed by atoms with E-state index in [1.165, 1.54) is 19.1 Å². The average Bonchev–Trinajstić information content (AvgIpc) is 2.59. The lowest BCUT2D eigenvalue weighted by atomic mass is 10.0. The van der Waals surface area contributed by atoms with Crippen LogP contribution in [0.4, 0.5) is 0 Å². The molecular weight excluding hydrogens is 324 g/mol. The zero-order chi connectivity index (χ0) is 18.4. The Morgan fingerprint density at radius 3 is 2.12 bits per heavy atom. The number of carbonyl (C=O) groups is 3. The van der Waals surface area contributed by atoms with E-state index in [1.807, 2.05) is 0 Å². The summed E-state index contributed by atoms with van der Waals surface area (Å²) >= 11 is 0. The first-order valence-corrected chi connectivity index (χ1v) is 7.66. The highest BCUT2D eigenvalue weighted by Gasteiger charge is 2.19. The first kappa shape index (κ1) is 18.2. The van der Waals surface area contributed by atoms with Crippen LogP contribution in [-0.4, -0.2) is 36.2 Å². The fourth-order valence-corrected chi connectivity index (χ4v) is 2.18. The molecule has 0 unspecified atom stereocenters. The lowest BCUT2D eigenvalue weighted by molar-refractivity contribution is -0.139. The molecule has 0 spiro atoms. The van der Waals surface area contributed by atoms with Gasteiger partial charge in [0.1, 0.15) is 0 Å². The summed E-state index contributed by atoms with van der Waals surface area (Å²) in [5, 5.41) is 10.8. The van der Waals surface area contributed by atoms with E-state index in [1.54, 1.807) is 24.3 Å². The summed E-state index contributed by atoms with van der Waals surface area (Å²) in [4.78, 5) is 34.8. The molecule has 0 aromatic heterocycles. The van der Waals surface area contributed by atoms with Gasteiger partial charge in [0.05, 0.1) is 24.3 Å². The fourth-order valence-electron chi connectivity index (χ4n) is 2.18. The fraction of sp³-hybridized carbons (Fsp3) is 0.211. The van der Waals surface area contributed by atoms with Crippen molar-refractivity contribution in [1.82, 2.24) is 0 Å². The summed E-state index contributed by atoms with van der Waals surface area (Å²) in [6.45, 7) is 5.09. The van der Waals surface area contributed by atoms with Gasteiger partial charge in [0, 0.05) is 12.0 Å². The highest BCUT2D eigenvalue weighted by Crippen LogP contribution is 2.21. The Balaban J connectivity index is 2.03. The second-order valence-corrected chi connectivity index (χ2v) is 5.46. The number of benzene rings is 2. The summed E-state index contributed by atoms with van der Waals surface area (Å²) in [6, 6.07) is 10.1. The average molecular weight is 342 g/mol. The Hall–Kier alpha value is -3.15. The number of aromatic carboxylic acids is 1. The molecule has 2 rings (SSSR count). The minimum atomic E-state index is -1.20. The van der Waals surface area contributed by atoms with Crippen LogP contribution in [-0.2, 0) is 14.3 Å². The van der Waals surface area contributed by atoms with Gasteiger partial charge in [-0.2, -0.15) is 0 Å². The van der Waals surface area contributed by atoms with Gasteiger partial charge >= 0.3 is 17.9 Å². The second-order valence-electron chi connectivity index (χ2n) is 5.46. The van der Waals surface area contributed by atoms with Crippen molar-refractivity contribution in [2.45, 2.75) is 13.3 Å². The Bertz CT molecular complexity index is 837. The molecule has 6 nitrogen and oxygen atoms in total. The number of hydrogen-bond donors (Lipinski definition) is 1. The second kappa shape index (κ2) is 8.10. The van der Waals surface area contributed by atoms with Crippen LogP contribution < -0.4 is 0 Å². The summed E-state index contributed by atoms with van der Waals surface area (Å²) in [6.07, 6.45) is 0.306. The van der Waals surface area contributed by atoms with Gasteiger partial charge in [-0.15, -0.1) is 0 Å². The van der Waals surface area contributed by atoms with Crippen molar-refractivity contribution in [3.63, 3.8) is 0 Å². The molecule has 6 heteroatoms. The molecule has 25 heavy (non-hydrogen) atoms. The predicted octanol–water partition coefficient (Wildman–Crippen LogP) is 3.20. The molecule has 0 heterocycles. The molecule has 2 aromatic carbocycles. The van der Waals surface area contributed by atoms with Gasteiger partial charge in [-0.3, -0.25) is 0 Å². The third-order valence-corrected chi connectivity index (χ3v) is 3.44. The van der Waals surface area contributed by atoms with E-state index in [0.29, 0.717) is 12.0 Å². The van der Waals surface area contributed by atoms with E-state index in [-0.39, 0.29) is 24.3 Å². The normalized spacial score (nSPS) is 10.3. The summed E-state index contributed by atoms with van der Waals surface area (Å²) in [5.41, 5.74) is 0.168. The van der Waals surface area contributed by atoms with Crippen molar-refractivity contribution in [2.75, 3.05) is 13.2 Å². The van der Waals surface area contributed by atoms with Crippen LogP contribution in [0.5, 0.6) is 0 Å². The van der Waals surface area contributed by atoms with Crippen LogP contribution in [0.15, 0.2) is 48.6 Å². The Labute approximate surface area is 144 Å². The molecule has 0 aliphatic heterocycles. The van der Waals surface area contributed by atoms with Gasteiger partial charge in [-0.05, 0) is 29.8 Å². The van der Waals surface area contributed by atoms with Gasteiger partial charge < -0.3 is 14.6 Å². The van der Waals surface area contributed by atoms with Gasteiger partial charge in [-0.25, -0.2) is 14.4 Å². The molecule has 2 aromatic rings. The molecule has 0 saturated carbocycles. The Kier molecular flexibility index (Phi) is 5.89. The Morgan fingerprint density at radius 2 is 1.56 bits per heavy atom. The van der Waals surface area contributed by atoms with E-state index in [4.69, 9.17) is 9.47 Å². The number of carboxylic acid groups (broad SMARTS) is 1. The van der Waals surface area contributed by atoms with Gasteiger partial charge in [0.15, 0.2) is 0 Å². The minimum Gasteiger partial charge on any atom is -0.478 e. The SMILES string of the molecule is C=C(C)C(=O)OCCCOC(=O)c1cc2ccccc2cc1C(=O)O. The number of ether oxygens (including phenoxy) is 2. The van der Waals surface area contributed by atoms with E-state index in [0.717, 1.165) is 10.8 Å². The molecule has 130 valence electrons. The topological polar surface area (TPSA) is 89.9 Å². The summed E-state index contributed by atoms with van der Waals surface area (Å²) in [5.74, 6) is -2.43. The predicted molar refractivity (Wildman–Crippen MR) is 91.6 cm³/mol. The third kappa shape index (κ3) is 4.67. The number of carboxylic acids is 1. The van der Waals surface area contributed by atoms with Gasteiger partial charge in [0.25, 0.3) is 0 Å². The molecule has 0 radical (unpaired) electrons. The number of rotatable bonds is 7. The van der Waals surface area contributed by atoms with E-state index in [2.05, 4.69) is 6.58 Å². The van der Waals surface area contributed by atoms with Crippen molar-refractivity contribution in [1.29, 1.82) is 0 Å². The molecule has 0 bridgehead atoms. The van der Waals surface area contributed by atoms with Crippen LogP contribution in [0, 0.1) is 0 Å². The molecule has 0 saturated heterocycles. The maximum absolute atomic E-state index is 12.2. The lowest BCUT2D eigenvalue weighted by Crippen LogP contribution is -2.14. The van der Waals surface area contributed by atoms with E-state index in [9.17, 15) is 19.5 Å². The van der Waals surface area contributed by atoms with Crippen molar-refractivity contribution in [2.24, 2.45) is 0 Å². The monoisotopic (exact) mass is 342 g/mol. The number of carbonyl (C=O) groups excluding carboxylic acids is 2. The van der Waals surface area contributed by atoms with Crippen molar-refractivity contribution in [3.05, 3.63) is 59.7 Å². The number of hydrogen-bond acceptors (Lipinski definition) is 5. The maximum atomic E-state index is 12.2. The maximum Gasteiger partial charge on any atom is 0.339 e. The summed E-state index contributed by atoms with van der Waals surface area (Å²) < 4.78 is 9.98. The summed E-state index contributed by atoms with van der Waals surface area (Å²) in [7, 11) is 0. The first-order chi connectivity index (χ1) is 11.9.